The molecule has 0 aliphatic carbocycles. The smallest absolute Gasteiger partial charge is 0.337 e. The zero-order valence-electron chi connectivity index (χ0n) is 11.2. The van der Waals surface area contributed by atoms with E-state index in [1.165, 1.54) is 25.4 Å². The van der Waals surface area contributed by atoms with Crippen molar-refractivity contribution in [1.82, 2.24) is 9.88 Å². The van der Waals surface area contributed by atoms with E-state index in [-0.39, 0.29) is 23.7 Å². The summed E-state index contributed by atoms with van der Waals surface area (Å²) < 4.78 is 10.1. The van der Waals surface area contributed by atoms with Crippen LogP contribution < -0.4 is 0 Å². The average Bonchev–Trinajstić information content (AvgIpc) is 2.74. The third-order valence-electron chi connectivity index (χ3n) is 3.88. The third-order valence-corrected chi connectivity index (χ3v) is 3.88. The number of esters is 1. The molecular weight excluding hydrogens is 260 g/mol. The number of amides is 1. The largest absolute Gasteiger partial charge is 0.465 e. The van der Waals surface area contributed by atoms with E-state index in [0.29, 0.717) is 18.8 Å². The fraction of sp³-hybridized carbons (Fsp3) is 0.500. The number of carbonyl (C=O) groups is 2. The van der Waals surface area contributed by atoms with E-state index in [9.17, 15) is 9.59 Å². The second kappa shape index (κ2) is 5.20. The lowest BCUT2D eigenvalue weighted by Crippen LogP contribution is -2.49. The molecular formula is C14H16N2O4. The number of rotatable bonds is 2. The molecule has 3 rings (SSSR count). The first-order valence-corrected chi connectivity index (χ1v) is 6.65. The van der Waals surface area contributed by atoms with E-state index in [4.69, 9.17) is 4.74 Å². The van der Waals surface area contributed by atoms with E-state index in [1.54, 1.807) is 0 Å². The summed E-state index contributed by atoms with van der Waals surface area (Å²) in [6, 6.07) is 3.29. The summed E-state index contributed by atoms with van der Waals surface area (Å²) in [5, 5.41) is 0. The Hall–Kier alpha value is -1.95. The lowest BCUT2D eigenvalue weighted by atomic mass is 10.2. The number of fused-ring (bicyclic) bond motifs is 2. The van der Waals surface area contributed by atoms with Crippen molar-refractivity contribution in [2.75, 3.05) is 20.3 Å². The lowest BCUT2D eigenvalue weighted by Gasteiger charge is -2.34. The Morgan fingerprint density at radius 1 is 1.35 bits per heavy atom. The zero-order chi connectivity index (χ0) is 14.1. The zero-order valence-corrected chi connectivity index (χ0v) is 11.2. The Kier molecular flexibility index (Phi) is 3.40. The van der Waals surface area contributed by atoms with Gasteiger partial charge in [0, 0.05) is 6.20 Å². The van der Waals surface area contributed by atoms with Crippen LogP contribution >= 0.6 is 0 Å². The number of aromatic nitrogens is 1. The molecule has 0 N–H and O–H groups in total. The lowest BCUT2D eigenvalue weighted by molar-refractivity contribution is -0.00746. The first-order valence-electron chi connectivity index (χ1n) is 6.65. The van der Waals surface area contributed by atoms with Gasteiger partial charge in [-0.05, 0) is 25.0 Å². The summed E-state index contributed by atoms with van der Waals surface area (Å²) in [5.74, 6) is -0.599. The van der Waals surface area contributed by atoms with Crippen molar-refractivity contribution in [3.63, 3.8) is 0 Å². The van der Waals surface area contributed by atoms with Crippen LogP contribution in [0.15, 0.2) is 18.3 Å². The number of methoxy groups -OCH3 is 1. The fourth-order valence-electron chi connectivity index (χ4n) is 2.88. The van der Waals surface area contributed by atoms with Crippen molar-refractivity contribution in [1.29, 1.82) is 0 Å². The third kappa shape index (κ3) is 2.16. The van der Waals surface area contributed by atoms with Crippen molar-refractivity contribution < 1.29 is 19.1 Å². The van der Waals surface area contributed by atoms with Gasteiger partial charge in [0.2, 0.25) is 0 Å². The molecule has 1 aromatic heterocycles. The molecule has 2 unspecified atom stereocenters. The van der Waals surface area contributed by atoms with Crippen molar-refractivity contribution in [2.45, 2.75) is 24.9 Å². The minimum atomic E-state index is -0.466. The Morgan fingerprint density at radius 2 is 2.05 bits per heavy atom. The first-order chi connectivity index (χ1) is 9.70. The van der Waals surface area contributed by atoms with Gasteiger partial charge in [0.05, 0.1) is 38.0 Å². The van der Waals surface area contributed by atoms with Gasteiger partial charge in [0.15, 0.2) is 0 Å². The van der Waals surface area contributed by atoms with E-state index in [0.717, 1.165) is 12.8 Å². The first kappa shape index (κ1) is 13.1. The predicted octanol–water partition coefficient (Wildman–Crippen LogP) is 0.872. The van der Waals surface area contributed by atoms with E-state index in [1.807, 2.05) is 4.90 Å². The van der Waals surface area contributed by atoms with Crippen molar-refractivity contribution in [3.8, 4) is 0 Å². The molecule has 6 nitrogen and oxygen atoms in total. The molecule has 2 saturated heterocycles. The Bertz CT molecular complexity index is 530. The minimum Gasteiger partial charge on any atom is -0.465 e. The minimum absolute atomic E-state index is 0.129. The van der Waals surface area contributed by atoms with Crippen LogP contribution in [0, 0.1) is 0 Å². The maximum Gasteiger partial charge on any atom is 0.337 e. The molecule has 2 aliphatic heterocycles. The summed E-state index contributed by atoms with van der Waals surface area (Å²) in [6.45, 7) is 1.16. The van der Waals surface area contributed by atoms with Crippen molar-refractivity contribution in [3.05, 3.63) is 29.6 Å². The van der Waals surface area contributed by atoms with Gasteiger partial charge in [-0.25, -0.2) is 4.79 Å². The topological polar surface area (TPSA) is 68.7 Å². The monoisotopic (exact) mass is 276 g/mol. The van der Waals surface area contributed by atoms with E-state index in [2.05, 4.69) is 9.72 Å². The Labute approximate surface area is 116 Å². The van der Waals surface area contributed by atoms with Gasteiger partial charge in [0.1, 0.15) is 5.69 Å². The van der Waals surface area contributed by atoms with Crippen LogP contribution in [-0.2, 0) is 9.47 Å². The number of hydrogen-bond acceptors (Lipinski definition) is 5. The van der Waals surface area contributed by atoms with Crippen LogP contribution in [0.1, 0.15) is 33.7 Å². The van der Waals surface area contributed by atoms with Crippen LogP contribution in [0.25, 0.3) is 0 Å². The molecule has 0 spiro atoms. The highest BCUT2D eigenvalue weighted by Crippen LogP contribution is 2.30. The average molecular weight is 276 g/mol. The molecule has 2 aliphatic rings. The summed E-state index contributed by atoms with van der Waals surface area (Å²) in [4.78, 5) is 30.0. The van der Waals surface area contributed by atoms with Crippen LogP contribution in [0.5, 0.6) is 0 Å². The Morgan fingerprint density at radius 3 is 2.70 bits per heavy atom. The van der Waals surface area contributed by atoms with E-state index >= 15 is 0 Å². The number of ether oxygens (including phenoxy) is 2. The Balaban J connectivity index is 1.85. The van der Waals surface area contributed by atoms with Gasteiger partial charge in [-0.3, -0.25) is 9.78 Å². The molecule has 106 valence electrons. The molecule has 0 radical (unpaired) electrons. The van der Waals surface area contributed by atoms with Gasteiger partial charge in [-0.1, -0.05) is 0 Å². The number of morpholine rings is 1. The van der Waals surface area contributed by atoms with Gasteiger partial charge in [-0.2, -0.15) is 0 Å². The predicted molar refractivity (Wildman–Crippen MR) is 69.4 cm³/mol. The maximum absolute atomic E-state index is 12.6. The number of hydrogen-bond donors (Lipinski definition) is 0. The number of pyridine rings is 1. The molecule has 6 heteroatoms. The number of carbonyl (C=O) groups excluding carboxylic acids is 2. The quantitative estimate of drug-likeness (QED) is 0.750. The molecule has 0 aromatic carbocycles. The second-order valence-corrected chi connectivity index (χ2v) is 5.06. The van der Waals surface area contributed by atoms with Gasteiger partial charge in [-0.15, -0.1) is 0 Å². The molecule has 1 aromatic rings. The molecule has 3 heterocycles. The van der Waals surface area contributed by atoms with Crippen LogP contribution in [0.3, 0.4) is 0 Å². The van der Waals surface area contributed by atoms with Crippen LogP contribution in [0.2, 0.25) is 0 Å². The van der Waals surface area contributed by atoms with Gasteiger partial charge >= 0.3 is 5.97 Å². The maximum atomic E-state index is 12.6. The second-order valence-electron chi connectivity index (χ2n) is 5.06. The van der Waals surface area contributed by atoms with Crippen molar-refractivity contribution in [2.24, 2.45) is 0 Å². The van der Waals surface area contributed by atoms with Crippen LogP contribution in [-0.4, -0.2) is 54.2 Å². The van der Waals surface area contributed by atoms with Gasteiger partial charge in [0.25, 0.3) is 5.91 Å². The fourth-order valence-corrected chi connectivity index (χ4v) is 2.88. The summed E-state index contributed by atoms with van der Waals surface area (Å²) in [7, 11) is 1.31. The highest BCUT2D eigenvalue weighted by Gasteiger charge is 2.41. The molecule has 2 fully saturated rings. The summed E-state index contributed by atoms with van der Waals surface area (Å²) >= 11 is 0. The molecule has 20 heavy (non-hydrogen) atoms. The molecule has 0 saturated carbocycles. The van der Waals surface area contributed by atoms with Crippen LogP contribution in [0.4, 0.5) is 0 Å². The molecule has 2 atom stereocenters. The molecule has 1 amide bonds. The summed E-state index contributed by atoms with van der Waals surface area (Å²) in [5.41, 5.74) is 0.623. The SMILES string of the molecule is COC(=O)c1ccnc(C(=O)N2C3CCC2COC3)c1. The highest BCUT2D eigenvalue weighted by molar-refractivity contribution is 5.96. The van der Waals surface area contributed by atoms with Gasteiger partial charge < -0.3 is 14.4 Å². The summed E-state index contributed by atoms with van der Waals surface area (Å²) in [6.07, 6.45) is 3.39. The standard InChI is InChI=1S/C14H16N2O4/c1-19-14(18)9-4-5-15-12(6-9)13(17)16-10-2-3-11(16)8-20-7-10/h4-6,10-11H,2-3,7-8H2,1H3. The van der Waals surface area contributed by atoms with Crippen molar-refractivity contribution >= 4 is 11.9 Å². The highest BCUT2D eigenvalue weighted by atomic mass is 16.5. The number of nitrogens with zero attached hydrogens (tertiary/aromatic N) is 2. The molecule has 2 bridgehead atoms. The van der Waals surface area contributed by atoms with E-state index < -0.39 is 5.97 Å². The normalized spacial score (nSPS) is 24.6.